The van der Waals surface area contributed by atoms with Crippen molar-refractivity contribution < 1.29 is 13.2 Å². The molecule has 0 heterocycles. The normalized spacial score (nSPS) is 11.6. The standard InChI is InChI=1S/C15H15BrN2O3S/c1-11-3-6-13(7-4-11)22(19,20)18-17-10-12-5-8-15(21-2)14(16)9-12/h3-10,18H,1-2H3/b17-10-. The molecule has 0 amide bonds. The Bertz CT molecular complexity index is 787. The highest BCUT2D eigenvalue weighted by Gasteiger charge is 2.11. The van der Waals surface area contributed by atoms with Gasteiger partial charge in [0.2, 0.25) is 0 Å². The minimum Gasteiger partial charge on any atom is -0.496 e. The molecule has 0 saturated carbocycles. The molecule has 0 unspecified atom stereocenters. The Morgan fingerprint density at radius 3 is 2.45 bits per heavy atom. The number of methoxy groups -OCH3 is 1. The lowest BCUT2D eigenvalue weighted by Gasteiger charge is -2.04. The van der Waals surface area contributed by atoms with E-state index in [2.05, 4.69) is 25.9 Å². The van der Waals surface area contributed by atoms with Gasteiger partial charge in [-0.25, -0.2) is 4.83 Å². The Morgan fingerprint density at radius 2 is 1.86 bits per heavy atom. The van der Waals surface area contributed by atoms with E-state index in [1.165, 1.54) is 18.3 Å². The molecule has 0 spiro atoms. The zero-order chi connectivity index (χ0) is 16.2. The van der Waals surface area contributed by atoms with Crippen LogP contribution in [0.25, 0.3) is 0 Å². The predicted octanol–water partition coefficient (Wildman–Crippen LogP) is 3.08. The molecule has 22 heavy (non-hydrogen) atoms. The van der Waals surface area contributed by atoms with Gasteiger partial charge in [0.15, 0.2) is 0 Å². The molecule has 0 aliphatic heterocycles. The first kappa shape index (κ1) is 16.5. The Morgan fingerprint density at radius 1 is 1.18 bits per heavy atom. The van der Waals surface area contributed by atoms with Gasteiger partial charge in [0.05, 0.1) is 22.7 Å². The number of nitrogens with one attached hydrogen (secondary N) is 1. The molecule has 0 saturated heterocycles. The van der Waals surface area contributed by atoms with Crippen LogP contribution in [0.2, 0.25) is 0 Å². The summed E-state index contributed by atoms with van der Waals surface area (Å²) in [6.45, 7) is 1.89. The third kappa shape index (κ3) is 4.08. The molecule has 5 nitrogen and oxygen atoms in total. The van der Waals surface area contributed by atoms with E-state index < -0.39 is 10.0 Å². The third-order valence-electron chi connectivity index (χ3n) is 2.89. The molecule has 7 heteroatoms. The van der Waals surface area contributed by atoms with Crippen molar-refractivity contribution in [1.82, 2.24) is 4.83 Å². The van der Waals surface area contributed by atoms with E-state index in [9.17, 15) is 8.42 Å². The fourth-order valence-corrected chi connectivity index (χ4v) is 3.05. The van der Waals surface area contributed by atoms with Crippen LogP contribution in [-0.4, -0.2) is 21.7 Å². The van der Waals surface area contributed by atoms with Gasteiger partial charge in [0.1, 0.15) is 5.75 Å². The highest BCUT2D eigenvalue weighted by atomic mass is 79.9. The fourth-order valence-electron chi connectivity index (χ4n) is 1.70. The minimum absolute atomic E-state index is 0.172. The second-order valence-corrected chi connectivity index (χ2v) is 7.08. The van der Waals surface area contributed by atoms with Gasteiger partial charge in [-0.3, -0.25) is 0 Å². The van der Waals surface area contributed by atoms with E-state index in [0.29, 0.717) is 5.75 Å². The lowest BCUT2D eigenvalue weighted by atomic mass is 10.2. The number of aryl methyl sites for hydroxylation is 1. The van der Waals surface area contributed by atoms with E-state index in [-0.39, 0.29) is 4.90 Å². The lowest BCUT2D eigenvalue weighted by molar-refractivity contribution is 0.412. The summed E-state index contributed by atoms with van der Waals surface area (Å²) in [7, 11) is -2.08. The van der Waals surface area contributed by atoms with Gasteiger partial charge in [-0.2, -0.15) is 13.5 Å². The van der Waals surface area contributed by atoms with Gasteiger partial charge in [0, 0.05) is 0 Å². The van der Waals surface area contributed by atoms with Crippen LogP contribution in [0.15, 0.2) is 56.9 Å². The quantitative estimate of drug-likeness (QED) is 0.638. The van der Waals surface area contributed by atoms with Crippen LogP contribution in [-0.2, 0) is 10.0 Å². The molecule has 2 rings (SSSR count). The third-order valence-corrected chi connectivity index (χ3v) is 4.75. The van der Waals surface area contributed by atoms with Crippen LogP contribution in [0, 0.1) is 6.92 Å². The smallest absolute Gasteiger partial charge is 0.276 e. The van der Waals surface area contributed by atoms with Crippen molar-refractivity contribution in [2.45, 2.75) is 11.8 Å². The number of hydrogen-bond donors (Lipinski definition) is 1. The summed E-state index contributed by atoms with van der Waals surface area (Å²) < 4.78 is 30.0. The number of hydrogen-bond acceptors (Lipinski definition) is 4. The van der Waals surface area contributed by atoms with Gasteiger partial charge in [-0.05, 0) is 58.7 Å². The van der Waals surface area contributed by atoms with Crippen molar-refractivity contribution in [3.63, 3.8) is 0 Å². The molecule has 2 aromatic carbocycles. The van der Waals surface area contributed by atoms with Crippen LogP contribution in [0.3, 0.4) is 0 Å². The number of ether oxygens (including phenoxy) is 1. The second kappa shape index (κ2) is 6.93. The molecule has 0 bridgehead atoms. The second-order valence-electron chi connectivity index (χ2n) is 4.56. The van der Waals surface area contributed by atoms with E-state index in [1.807, 2.05) is 6.92 Å². The summed E-state index contributed by atoms with van der Waals surface area (Å²) in [6, 6.07) is 11.9. The fraction of sp³-hybridized carbons (Fsp3) is 0.133. The molecule has 2 aromatic rings. The van der Waals surface area contributed by atoms with Crippen molar-refractivity contribution in [2.75, 3.05) is 7.11 Å². The molecule has 1 N–H and O–H groups in total. The Hall–Kier alpha value is -1.86. The zero-order valence-electron chi connectivity index (χ0n) is 12.1. The highest BCUT2D eigenvalue weighted by molar-refractivity contribution is 9.10. The van der Waals surface area contributed by atoms with Crippen LogP contribution in [0.5, 0.6) is 5.75 Å². The first-order valence-corrected chi connectivity index (χ1v) is 8.65. The van der Waals surface area contributed by atoms with Gasteiger partial charge in [-0.1, -0.05) is 17.7 Å². The number of rotatable bonds is 5. The Kier molecular flexibility index (Phi) is 5.20. The van der Waals surface area contributed by atoms with Gasteiger partial charge < -0.3 is 4.74 Å². The van der Waals surface area contributed by atoms with E-state index in [4.69, 9.17) is 4.74 Å². The average Bonchev–Trinajstić information content (AvgIpc) is 2.48. The largest absolute Gasteiger partial charge is 0.496 e. The minimum atomic E-state index is -3.65. The van der Waals surface area contributed by atoms with E-state index in [1.54, 1.807) is 37.4 Å². The Balaban J connectivity index is 2.11. The van der Waals surface area contributed by atoms with Gasteiger partial charge in [-0.15, -0.1) is 0 Å². The number of halogens is 1. The van der Waals surface area contributed by atoms with Gasteiger partial charge >= 0.3 is 0 Å². The molecule has 0 atom stereocenters. The maximum atomic E-state index is 12.0. The molecule has 0 aromatic heterocycles. The zero-order valence-corrected chi connectivity index (χ0v) is 14.5. The molecule has 116 valence electrons. The SMILES string of the molecule is COc1ccc(/C=N\NS(=O)(=O)c2ccc(C)cc2)cc1Br. The van der Waals surface area contributed by atoms with Gasteiger partial charge in [0.25, 0.3) is 10.0 Å². The first-order chi connectivity index (χ1) is 10.4. The maximum absolute atomic E-state index is 12.0. The first-order valence-electron chi connectivity index (χ1n) is 6.37. The number of nitrogens with zero attached hydrogens (tertiary/aromatic N) is 1. The molecule has 0 aliphatic rings. The number of sulfonamides is 1. The summed E-state index contributed by atoms with van der Waals surface area (Å²) in [5.41, 5.74) is 1.73. The highest BCUT2D eigenvalue weighted by Crippen LogP contribution is 2.24. The predicted molar refractivity (Wildman–Crippen MR) is 89.8 cm³/mol. The van der Waals surface area contributed by atoms with Crippen molar-refractivity contribution in [3.8, 4) is 5.75 Å². The van der Waals surface area contributed by atoms with E-state index >= 15 is 0 Å². The average molecular weight is 383 g/mol. The van der Waals surface area contributed by atoms with Crippen LogP contribution < -0.4 is 9.57 Å². The van der Waals surface area contributed by atoms with E-state index in [0.717, 1.165) is 15.6 Å². The summed E-state index contributed by atoms with van der Waals surface area (Å²) in [6.07, 6.45) is 1.43. The molecular formula is C15H15BrN2O3S. The topological polar surface area (TPSA) is 67.8 Å². The molecule has 0 radical (unpaired) electrons. The van der Waals surface area contributed by atoms with Crippen molar-refractivity contribution in [1.29, 1.82) is 0 Å². The maximum Gasteiger partial charge on any atom is 0.276 e. The number of hydrazone groups is 1. The summed E-state index contributed by atoms with van der Waals surface area (Å²) in [5, 5.41) is 3.78. The summed E-state index contributed by atoms with van der Waals surface area (Å²) >= 11 is 3.36. The molecular weight excluding hydrogens is 368 g/mol. The van der Waals surface area contributed by atoms with Crippen LogP contribution in [0.1, 0.15) is 11.1 Å². The number of benzene rings is 2. The van der Waals surface area contributed by atoms with Crippen molar-refractivity contribution in [3.05, 3.63) is 58.1 Å². The molecule has 0 fully saturated rings. The summed E-state index contributed by atoms with van der Waals surface area (Å²) in [5.74, 6) is 0.692. The van der Waals surface area contributed by atoms with Crippen LogP contribution >= 0.6 is 15.9 Å². The van der Waals surface area contributed by atoms with Crippen molar-refractivity contribution >= 4 is 32.2 Å². The monoisotopic (exact) mass is 382 g/mol. The Labute approximate surface area is 138 Å². The summed E-state index contributed by atoms with van der Waals surface area (Å²) in [4.78, 5) is 2.36. The lowest BCUT2D eigenvalue weighted by Crippen LogP contribution is -2.18. The van der Waals surface area contributed by atoms with Crippen LogP contribution in [0.4, 0.5) is 0 Å². The van der Waals surface area contributed by atoms with Crippen molar-refractivity contribution in [2.24, 2.45) is 5.10 Å². The molecule has 0 aliphatic carbocycles.